The summed E-state index contributed by atoms with van der Waals surface area (Å²) in [5, 5.41) is 0. The van der Waals surface area contributed by atoms with Gasteiger partial charge >= 0.3 is 5.97 Å². The number of ether oxygens (including phenoxy) is 2. The van der Waals surface area contributed by atoms with Gasteiger partial charge < -0.3 is 9.47 Å². The quantitative estimate of drug-likeness (QED) is 0.527. The molecule has 0 N–H and O–H groups in total. The van der Waals surface area contributed by atoms with Crippen molar-refractivity contribution in [3.63, 3.8) is 0 Å². The van der Waals surface area contributed by atoms with Crippen LogP contribution >= 0.6 is 0 Å². The van der Waals surface area contributed by atoms with Gasteiger partial charge in [0.15, 0.2) is 0 Å². The van der Waals surface area contributed by atoms with Gasteiger partial charge in [0, 0.05) is 6.42 Å². The monoisotopic (exact) mass is 244 g/mol. The summed E-state index contributed by atoms with van der Waals surface area (Å²) >= 11 is 0. The standard InChI is InChI=1S/C14H28O3/c1-8-11(4)13(15)17-12(16-10(2)3)9-14(5,6)7/h10-12H,8-9H2,1-7H3. The maximum Gasteiger partial charge on any atom is 0.310 e. The van der Waals surface area contributed by atoms with Gasteiger partial charge in [0.05, 0.1) is 12.0 Å². The third-order valence-corrected chi connectivity index (χ3v) is 2.47. The lowest BCUT2D eigenvalue weighted by molar-refractivity contribution is -0.196. The first-order valence-corrected chi connectivity index (χ1v) is 6.51. The van der Waals surface area contributed by atoms with Crippen LogP contribution < -0.4 is 0 Å². The second-order valence-corrected chi connectivity index (χ2v) is 6.13. The Bertz CT molecular complexity index is 228. The van der Waals surface area contributed by atoms with E-state index in [2.05, 4.69) is 20.8 Å². The van der Waals surface area contributed by atoms with Gasteiger partial charge in [-0.05, 0) is 25.7 Å². The molecule has 0 aliphatic carbocycles. The van der Waals surface area contributed by atoms with Gasteiger partial charge in [0.2, 0.25) is 6.29 Å². The minimum Gasteiger partial charge on any atom is -0.436 e. The van der Waals surface area contributed by atoms with Crippen LogP contribution in [-0.4, -0.2) is 18.4 Å². The van der Waals surface area contributed by atoms with E-state index in [0.717, 1.165) is 6.42 Å². The van der Waals surface area contributed by atoms with Gasteiger partial charge in [0.1, 0.15) is 0 Å². The van der Waals surface area contributed by atoms with E-state index in [1.54, 1.807) is 0 Å². The fourth-order valence-electron chi connectivity index (χ4n) is 1.33. The van der Waals surface area contributed by atoms with Crippen molar-refractivity contribution in [3.05, 3.63) is 0 Å². The number of rotatable bonds is 6. The van der Waals surface area contributed by atoms with E-state index in [-0.39, 0.29) is 23.4 Å². The fourth-order valence-corrected chi connectivity index (χ4v) is 1.33. The Labute approximate surface area is 106 Å². The first-order chi connectivity index (χ1) is 7.65. The predicted octanol–water partition coefficient (Wildman–Crippen LogP) is 3.76. The maximum atomic E-state index is 11.7. The van der Waals surface area contributed by atoms with Gasteiger partial charge in [-0.2, -0.15) is 0 Å². The van der Waals surface area contributed by atoms with Crippen LogP contribution in [0.1, 0.15) is 61.3 Å². The van der Waals surface area contributed by atoms with Crippen molar-refractivity contribution >= 4 is 5.97 Å². The normalized spacial score (nSPS) is 15.8. The molecule has 0 aromatic carbocycles. The molecule has 17 heavy (non-hydrogen) atoms. The molecule has 102 valence electrons. The van der Waals surface area contributed by atoms with E-state index in [1.807, 2.05) is 27.7 Å². The maximum absolute atomic E-state index is 11.7. The molecule has 0 aliphatic heterocycles. The Hall–Kier alpha value is -0.570. The zero-order valence-corrected chi connectivity index (χ0v) is 12.4. The summed E-state index contributed by atoms with van der Waals surface area (Å²) in [5.74, 6) is -0.226. The highest BCUT2D eigenvalue weighted by Gasteiger charge is 2.25. The third-order valence-electron chi connectivity index (χ3n) is 2.47. The second kappa shape index (κ2) is 7.00. The molecule has 0 aliphatic rings. The van der Waals surface area contributed by atoms with Crippen LogP contribution in [0.3, 0.4) is 0 Å². The van der Waals surface area contributed by atoms with E-state index in [9.17, 15) is 4.79 Å². The summed E-state index contributed by atoms with van der Waals surface area (Å²) < 4.78 is 11.1. The molecule has 0 amide bonds. The summed E-state index contributed by atoms with van der Waals surface area (Å²) in [6.45, 7) is 14.1. The first kappa shape index (κ1) is 16.4. The molecule has 0 spiro atoms. The molecule has 0 radical (unpaired) electrons. The zero-order valence-electron chi connectivity index (χ0n) is 12.4. The zero-order chi connectivity index (χ0) is 13.6. The van der Waals surface area contributed by atoms with Crippen LogP contribution in [0, 0.1) is 11.3 Å². The smallest absolute Gasteiger partial charge is 0.310 e. The average Bonchev–Trinajstić information content (AvgIpc) is 2.12. The van der Waals surface area contributed by atoms with E-state index in [4.69, 9.17) is 9.47 Å². The van der Waals surface area contributed by atoms with Gasteiger partial charge in [0.25, 0.3) is 0 Å². The number of hydrogen-bond donors (Lipinski definition) is 0. The van der Waals surface area contributed by atoms with Crippen LogP contribution in [0.2, 0.25) is 0 Å². The lowest BCUT2D eigenvalue weighted by Gasteiger charge is -2.28. The highest BCUT2D eigenvalue weighted by atomic mass is 16.7. The minimum atomic E-state index is -0.434. The number of esters is 1. The fraction of sp³-hybridized carbons (Fsp3) is 0.929. The van der Waals surface area contributed by atoms with Crippen molar-refractivity contribution in [1.29, 1.82) is 0 Å². The predicted molar refractivity (Wildman–Crippen MR) is 69.6 cm³/mol. The molecule has 2 atom stereocenters. The van der Waals surface area contributed by atoms with E-state index in [0.29, 0.717) is 6.42 Å². The molecule has 0 rings (SSSR count). The number of carbonyl (C=O) groups excluding carboxylic acids is 1. The Kier molecular flexibility index (Phi) is 6.76. The number of hydrogen-bond acceptors (Lipinski definition) is 3. The average molecular weight is 244 g/mol. The SMILES string of the molecule is CCC(C)C(=O)OC(CC(C)(C)C)OC(C)C. The minimum absolute atomic E-state index is 0.0618. The van der Waals surface area contributed by atoms with Crippen molar-refractivity contribution in [2.24, 2.45) is 11.3 Å². The summed E-state index contributed by atoms with van der Waals surface area (Å²) in [7, 11) is 0. The highest BCUT2D eigenvalue weighted by Crippen LogP contribution is 2.24. The van der Waals surface area contributed by atoms with Gasteiger partial charge in [-0.25, -0.2) is 0 Å². The van der Waals surface area contributed by atoms with Crippen molar-refractivity contribution < 1.29 is 14.3 Å². The third kappa shape index (κ3) is 8.19. The summed E-state index contributed by atoms with van der Waals surface area (Å²) in [6, 6.07) is 0. The van der Waals surface area contributed by atoms with Crippen LogP contribution in [0.15, 0.2) is 0 Å². The molecular formula is C14H28O3. The van der Waals surface area contributed by atoms with Crippen molar-refractivity contribution in [3.8, 4) is 0 Å². The van der Waals surface area contributed by atoms with Gasteiger partial charge in [-0.3, -0.25) is 4.79 Å². The molecule has 0 saturated heterocycles. The second-order valence-electron chi connectivity index (χ2n) is 6.13. The molecule has 0 aromatic heterocycles. The lowest BCUT2D eigenvalue weighted by atomic mass is 9.92. The Morgan fingerprint density at radius 1 is 1.18 bits per heavy atom. The van der Waals surface area contributed by atoms with Gasteiger partial charge in [-0.1, -0.05) is 34.6 Å². The van der Waals surface area contributed by atoms with Crippen molar-refractivity contribution in [2.75, 3.05) is 0 Å². The topological polar surface area (TPSA) is 35.5 Å². The van der Waals surface area contributed by atoms with Crippen LogP contribution in [0.25, 0.3) is 0 Å². The van der Waals surface area contributed by atoms with Crippen LogP contribution in [-0.2, 0) is 14.3 Å². The molecule has 3 nitrogen and oxygen atoms in total. The van der Waals surface area contributed by atoms with E-state index in [1.165, 1.54) is 0 Å². The first-order valence-electron chi connectivity index (χ1n) is 6.51. The largest absolute Gasteiger partial charge is 0.436 e. The van der Waals surface area contributed by atoms with Crippen molar-refractivity contribution in [1.82, 2.24) is 0 Å². The summed E-state index contributed by atoms with van der Waals surface area (Å²) in [4.78, 5) is 11.7. The van der Waals surface area contributed by atoms with Crippen LogP contribution in [0.4, 0.5) is 0 Å². The Balaban J connectivity index is 4.43. The molecular weight excluding hydrogens is 216 g/mol. The van der Waals surface area contributed by atoms with Gasteiger partial charge in [-0.15, -0.1) is 0 Å². The molecule has 0 bridgehead atoms. The van der Waals surface area contributed by atoms with Crippen molar-refractivity contribution in [2.45, 2.75) is 73.7 Å². The van der Waals surface area contributed by atoms with E-state index < -0.39 is 6.29 Å². The highest BCUT2D eigenvalue weighted by molar-refractivity contribution is 5.71. The molecule has 0 fully saturated rings. The Morgan fingerprint density at radius 2 is 1.71 bits per heavy atom. The molecule has 0 saturated carbocycles. The summed E-state index contributed by atoms with van der Waals surface area (Å²) in [5.41, 5.74) is 0.0787. The molecule has 2 unspecified atom stereocenters. The molecule has 0 aromatic rings. The lowest BCUT2D eigenvalue weighted by Crippen LogP contribution is -2.30. The van der Waals surface area contributed by atoms with Crippen LogP contribution in [0.5, 0.6) is 0 Å². The number of carbonyl (C=O) groups is 1. The molecule has 3 heteroatoms. The summed E-state index contributed by atoms with van der Waals surface area (Å²) in [6.07, 6.45) is 1.14. The molecule has 0 heterocycles. The Morgan fingerprint density at radius 3 is 2.06 bits per heavy atom. The van der Waals surface area contributed by atoms with E-state index >= 15 is 0 Å².